The zero-order chi connectivity index (χ0) is 18.8. The number of carbonyl (C=O) groups is 1. The van der Waals surface area contributed by atoms with Gasteiger partial charge >= 0.3 is 0 Å². The second kappa shape index (κ2) is 7.39. The van der Waals surface area contributed by atoms with E-state index in [2.05, 4.69) is 32.8 Å². The van der Waals surface area contributed by atoms with Crippen LogP contribution in [0.1, 0.15) is 15.9 Å². The summed E-state index contributed by atoms with van der Waals surface area (Å²) in [6, 6.07) is 10.5. The van der Waals surface area contributed by atoms with Gasteiger partial charge in [0.1, 0.15) is 0 Å². The van der Waals surface area contributed by atoms with Gasteiger partial charge in [-0.05, 0) is 61.1 Å². The average Bonchev–Trinajstić information content (AvgIpc) is 2.61. The highest BCUT2D eigenvalue weighted by molar-refractivity contribution is 9.10. The molecule has 0 aliphatic heterocycles. The molecule has 0 atom stereocenters. The van der Waals surface area contributed by atoms with Crippen LogP contribution in [0, 0.1) is 11.7 Å². The third kappa shape index (κ3) is 3.54. The number of halogens is 1. The van der Waals surface area contributed by atoms with Gasteiger partial charge in [-0.2, -0.15) is 0 Å². The minimum Gasteiger partial charge on any atom is -0.332 e. The number of anilines is 1. The first kappa shape index (κ1) is 18.3. The molecule has 1 amide bonds. The van der Waals surface area contributed by atoms with E-state index in [0.717, 1.165) is 10.0 Å². The van der Waals surface area contributed by atoms with Gasteiger partial charge in [-0.3, -0.25) is 14.2 Å². The minimum absolute atomic E-state index is 0.209. The maximum atomic E-state index is 12.5. The fraction of sp³-hybridized carbons (Fsp3) is 0.105. The van der Waals surface area contributed by atoms with Gasteiger partial charge in [-0.25, -0.2) is 0 Å². The van der Waals surface area contributed by atoms with E-state index in [1.807, 2.05) is 25.1 Å². The van der Waals surface area contributed by atoms with Gasteiger partial charge in [0.05, 0.1) is 10.9 Å². The molecular formula is C19H16BrN3O2S. The summed E-state index contributed by atoms with van der Waals surface area (Å²) in [5, 5.41) is 3.32. The van der Waals surface area contributed by atoms with E-state index in [1.54, 1.807) is 24.3 Å². The Balaban J connectivity index is 1.98. The van der Waals surface area contributed by atoms with Crippen molar-refractivity contribution in [1.29, 1.82) is 0 Å². The molecule has 0 aliphatic carbocycles. The lowest BCUT2D eigenvalue weighted by molar-refractivity contribution is 0.102. The molecule has 2 N–H and O–H groups in total. The number of aryl methyl sites for hydroxylation is 1. The predicted molar refractivity (Wildman–Crippen MR) is 110 cm³/mol. The van der Waals surface area contributed by atoms with Crippen LogP contribution in [0.4, 0.5) is 5.69 Å². The van der Waals surface area contributed by atoms with Crippen LogP contribution in [0.15, 0.2) is 58.3 Å². The molecule has 5 nitrogen and oxygen atoms in total. The van der Waals surface area contributed by atoms with Crippen molar-refractivity contribution >= 4 is 50.6 Å². The van der Waals surface area contributed by atoms with E-state index in [1.165, 1.54) is 4.57 Å². The van der Waals surface area contributed by atoms with Crippen molar-refractivity contribution in [1.82, 2.24) is 9.55 Å². The summed E-state index contributed by atoms with van der Waals surface area (Å²) in [7, 11) is 0. The largest absolute Gasteiger partial charge is 0.332 e. The molecule has 0 spiro atoms. The van der Waals surface area contributed by atoms with Crippen molar-refractivity contribution < 1.29 is 4.79 Å². The molecule has 26 heavy (non-hydrogen) atoms. The highest BCUT2D eigenvalue weighted by atomic mass is 79.9. The number of amides is 1. The Kier molecular flexibility index (Phi) is 5.20. The number of nitrogens with zero attached hydrogens (tertiary/aromatic N) is 1. The quantitative estimate of drug-likeness (QED) is 0.471. The molecule has 0 radical (unpaired) electrons. The zero-order valence-electron chi connectivity index (χ0n) is 14.0. The van der Waals surface area contributed by atoms with Crippen molar-refractivity contribution in [3.05, 3.63) is 79.8 Å². The van der Waals surface area contributed by atoms with E-state index >= 15 is 0 Å². The standard InChI is InChI=1S/C19H16BrN3O2S/c1-3-8-23-18(25)14-6-4-12(10-16(14)22-19(23)26)17(24)21-13-5-7-15(20)11(2)9-13/h3-7,9-10H,1,8H2,2H3,(H,21,24)(H,22,26). The maximum Gasteiger partial charge on any atom is 0.262 e. The number of H-pyrrole nitrogens is 1. The number of hydrogen-bond donors (Lipinski definition) is 2. The van der Waals surface area contributed by atoms with Crippen molar-refractivity contribution in [2.24, 2.45) is 0 Å². The molecule has 0 saturated heterocycles. The molecule has 132 valence electrons. The van der Waals surface area contributed by atoms with E-state index in [0.29, 0.717) is 33.5 Å². The molecular weight excluding hydrogens is 414 g/mol. The van der Waals surface area contributed by atoms with Gasteiger partial charge in [0.15, 0.2) is 4.77 Å². The first-order valence-corrected chi connectivity index (χ1v) is 9.06. The highest BCUT2D eigenvalue weighted by Crippen LogP contribution is 2.21. The van der Waals surface area contributed by atoms with Crippen LogP contribution in [0.25, 0.3) is 10.9 Å². The number of nitrogens with one attached hydrogen (secondary N) is 2. The van der Waals surface area contributed by atoms with Crippen LogP contribution in [-0.4, -0.2) is 15.5 Å². The summed E-state index contributed by atoms with van der Waals surface area (Å²) in [5.41, 5.74) is 2.47. The molecule has 0 bridgehead atoms. The van der Waals surface area contributed by atoms with E-state index in [-0.39, 0.29) is 11.5 Å². The predicted octanol–water partition coefficient (Wildman–Crippen LogP) is 4.57. The van der Waals surface area contributed by atoms with Crippen LogP contribution in [0.3, 0.4) is 0 Å². The molecule has 7 heteroatoms. The second-order valence-corrected chi connectivity index (χ2v) is 7.05. The zero-order valence-corrected chi connectivity index (χ0v) is 16.4. The van der Waals surface area contributed by atoms with E-state index in [4.69, 9.17) is 12.2 Å². The summed E-state index contributed by atoms with van der Waals surface area (Å²) in [5.74, 6) is -0.261. The molecule has 0 fully saturated rings. The van der Waals surface area contributed by atoms with Gasteiger partial charge in [0.2, 0.25) is 0 Å². The number of benzene rings is 2. The van der Waals surface area contributed by atoms with Crippen molar-refractivity contribution in [3.8, 4) is 0 Å². The fourth-order valence-electron chi connectivity index (χ4n) is 2.62. The molecule has 0 saturated carbocycles. The fourth-order valence-corrected chi connectivity index (χ4v) is 3.13. The number of carbonyl (C=O) groups excluding carboxylic acids is 1. The van der Waals surface area contributed by atoms with Gasteiger partial charge in [0.25, 0.3) is 11.5 Å². The Morgan fingerprint density at radius 2 is 2.12 bits per heavy atom. The van der Waals surface area contributed by atoms with Crippen molar-refractivity contribution in [3.63, 3.8) is 0 Å². The number of hydrogen-bond acceptors (Lipinski definition) is 3. The molecule has 1 aromatic heterocycles. The molecule has 3 rings (SSSR count). The van der Waals surface area contributed by atoms with Crippen LogP contribution < -0.4 is 10.9 Å². The number of fused-ring (bicyclic) bond motifs is 1. The van der Waals surface area contributed by atoms with Gasteiger partial charge in [0, 0.05) is 22.3 Å². The van der Waals surface area contributed by atoms with Gasteiger partial charge < -0.3 is 10.3 Å². The van der Waals surface area contributed by atoms with Crippen LogP contribution >= 0.6 is 28.1 Å². The lowest BCUT2D eigenvalue weighted by Gasteiger charge is -2.09. The molecule has 3 aromatic rings. The van der Waals surface area contributed by atoms with Crippen LogP contribution in [-0.2, 0) is 6.54 Å². The Hall–Kier alpha value is -2.51. The lowest BCUT2D eigenvalue weighted by Crippen LogP contribution is -2.22. The number of rotatable bonds is 4. The van der Waals surface area contributed by atoms with Gasteiger partial charge in [-0.1, -0.05) is 22.0 Å². The normalized spacial score (nSPS) is 10.7. The molecule has 0 unspecified atom stereocenters. The summed E-state index contributed by atoms with van der Waals surface area (Å²) in [6.45, 7) is 5.91. The van der Waals surface area contributed by atoms with Crippen LogP contribution in [0.2, 0.25) is 0 Å². The van der Waals surface area contributed by atoms with Crippen molar-refractivity contribution in [2.45, 2.75) is 13.5 Å². The summed E-state index contributed by atoms with van der Waals surface area (Å²) >= 11 is 8.66. The highest BCUT2D eigenvalue weighted by Gasteiger charge is 2.11. The van der Waals surface area contributed by atoms with E-state index in [9.17, 15) is 9.59 Å². The molecule has 2 aromatic carbocycles. The van der Waals surface area contributed by atoms with E-state index < -0.39 is 0 Å². The summed E-state index contributed by atoms with van der Waals surface area (Å²) in [6.07, 6.45) is 1.61. The Labute approximate surface area is 163 Å². The van der Waals surface area contributed by atoms with Crippen molar-refractivity contribution in [2.75, 3.05) is 5.32 Å². The number of aromatic amines is 1. The topological polar surface area (TPSA) is 66.9 Å². The Morgan fingerprint density at radius 1 is 1.35 bits per heavy atom. The first-order valence-electron chi connectivity index (χ1n) is 7.86. The number of aromatic nitrogens is 2. The first-order chi connectivity index (χ1) is 12.4. The summed E-state index contributed by atoms with van der Waals surface area (Å²) < 4.78 is 2.70. The molecule has 1 heterocycles. The number of allylic oxidation sites excluding steroid dienone is 1. The minimum atomic E-state index is -0.261. The Bertz CT molecular complexity index is 1150. The smallest absolute Gasteiger partial charge is 0.262 e. The lowest BCUT2D eigenvalue weighted by atomic mass is 10.1. The summed E-state index contributed by atoms with van der Waals surface area (Å²) in [4.78, 5) is 28.0. The van der Waals surface area contributed by atoms with Crippen LogP contribution in [0.5, 0.6) is 0 Å². The monoisotopic (exact) mass is 429 g/mol. The third-order valence-corrected chi connectivity index (χ3v) is 5.18. The molecule has 0 aliphatic rings. The average molecular weight is 430 g/mol. The van der Waals surface area contributed by atoms with Gasteiger partial charge in [-0.15, -0.1) is 6.58 Å². The SMILES string of the molecule is C=CCn1c(=S)[nH]c2cc(C(=O)Nc3ccc(Br)c(C)c3)ccc2c1=O. The maximum absolute atomic E-state index is 12.5. The Morgan fingerprint density at radius 3 is 2.81 bits per heavy atom. The third-order valence-electron chi connectivity index (χ3n) is 3.97. The second-order valence-electron chi connectivity index (χ2n) is 5.81.